The van der Waals surface area contributed by atoms with Gasteiger partial charge in [-0.3, -0.25) is 14.2 Å². The van der Waals surface area contributed by atoms with Gasteiger partial charge >= 0.3 is 0 Å². The van der Waals surface area contributed by atoms with Crippen LogP contribution in [0.3, 0.4) is 0 Å². The van der Waals surface area contributed by atoms with Gasteiger partial charge in [-0.1, -0.05) is 48.2 Å². The number of aromatic nitrogens is 2. The minimum atomic E-state index is -0.0671. The number of nitrogens with zero attached hydrogens (tertiary/aromatic N) is 3. The molecule has 3 aromatic rings. The van der Waals surface area contributed by atoms with Gasteiger partial charge in [0.15, 0.2) is 5.16 Å². The molecule has 0 aliphatic rings. The maximum Gasteiger partial charge on any atom is 0.262 e. The Balaban J connectivity index is 1.96. The van der Waals surface area contributed by atoms with Crippen molar-refractivity contribution in [2.75, 3.05) is 18.8 Å². The smallest absolute Gasteiger partial charge is 0.262 e. The van der Waals surface area contributed by atoms with E-state index in [2.05, 4.69) is 6.58 Å². The van der Waals surface area contributed by atoms with Crippen LogP contribution in [0.4, 0.5) is 0 Å². The fourth-order valence-corrected chi connectivity index (χ4v) is 4.16. The molecule has 1 aromatic heterocycles. The standard InChI is InChI=1S/C22H25N3O2S/c1-5-24(13-15(3)4)20(26)14-28-22-23-19-12-17-10-8-7-9-16(17)11-18(19)21(27)25(22)6-2/h7-12H,3,5-6,13-14H2,1-2,4H3. The summed E-state index contributed by atoms with van der Waals surface area (Å²) in [6.07, 6.45) is 0. The van der Waals surface area contributed by atoms with Gasteiger partial charge in [-0.2, -0.15) is 0 Å². The summed E-state index contributed by atoms with van der Waals surface area (Å²) in [7, 11) is 0. The van der Waals surface area contributed by atoms with Crippen LogP contribution in [0.1, 0.15) is 20.8 Å². The number of thioether (sulfide) groups is 1. The third kappa shape index (κ3) is 4.12. The third-order valence-electron chi connectivity index (χ3n) is 4.62. The zero-order chi connectivity index (χ0) is 20.3. The zero-order valence-electron chi connectivity index (χ0n) is 16.6. The first-order valence-corrected chi connectivity index (χ1v) is 10.4. The average molecular weight is 396 g/mol. The molecule has 0 unspecified atom stereocenters. The van der Waals surface area contributed by atoms with Crippen molar-refractivity contribution in [3.63, 3.8) is 0 Å². The van der Waals surface area contributed by atoms with E-state index in [1.807, 2.05) is 57.2 Å². The Hall–Kier alpha value is -2.60. The molecule has 0 spiro atoms. The quantitative estimate of drug-likeness (QED) is 0.262. The number of benzene rings is 2. The van der Waals surface area contributed by atoms with Crippen LogP contribution >= 0.6 is 11.8 Å². The molecular weight excluding hydrogens is 370 g/mol. The van der Waals surface area contributed by atoms with Gasteiger partial charge in [-0.05, 0) is 43.7 Å². The van der Waals surface area contributed by atoms with E-state index in [1.165, 1.54) is 11.8 Å². The number of hydrogen-bond acceptors (Lipinski definition) is 4. The minimum Gasteiger partial charge on any atom is -0.338 e. The molecule has 2 aromatic carbocycles. The average Bonchev–Trinajstić information content (AvgIpc) is 2.69. The van der Waals surface area contributed by atoms with Crippen LogP contribution in [0.5, 0.6) is 0 Å². The summed E-state index contributed by atoms with van der Waals surface area (Å²) < 4.78 is 1.64. The lowest BCUT2D eigenvalue weighted by atomic mass is 10.1. The molecule has 0 bridgehead atoms. The highest BCUT2D eigenvalue weighted by molar-refractivity contribution is 7.99. The molecule has 0 saturated carbocycles. The Morgan fingerprint density at radius 2 is 1.89 bits per heavy atom. The van der Waals surface area contributed by atoms with Crippen LogP contribution in [0, 0.1) is 0 Å². The molecule has 146 valence electrons. The highest BCUT2D eigenvalue weighted by Gasteiger charge is 2.16. The molecule has 0 radical (unpaired) electrons. The van der Waals surface area contributed by atoms with Crippen LogP contribution in [0.15, 0.2) is 58.5 Å². The predicted molar refractivity (Wildman–Crippen MR) is 117 cm³/mol. The molecule has 0 atom stereocenters. The Morgan fingerprint density at radius 3 is 2.50 bits per heavy atom. The molecule has 0 saturated heterocycles. The normalized spacial score (nSPS) is 11.1. The van der Waals surface area contributed by atoms with E-state index in [0.717, 1.165) is 16.3 Å². The van der Waals surface area contributed by atoms with E-state index in [4.69, 9.17) is 4.98 Å². The van der Waals surface area contributed by atoms with E-state index in [1.54, 1.807) is 9.47 Å². The minimum absolute atomic E-state index is 0.0195. The van der Waals surface area contributed by atoms with Crippen LogP contribution in [0.2, 0.25) is 0 Å². The van der Waals surface area contributed by atoms with Gasteiger partial charge < -0.3 is 4.90 Å². The fraction of sp³-hybridized carbons (Fsp3) is 0.318. The lowest BCUT2D eigenvalue weighted by Gasteiger charge is -2.21. The van der Waals surface area contributed by atoms with Crippen molar-refractivity contribution >= 4 is 39.3 Å². The Morgan fingerprint density at radius 1 is 1.21 bits per heavy atom. The van der Waals surface area contributed by atoms with E-state index in [-0.39, 0.29) is 17.2 Å². The van der Waals surface area contributed by atoms with Crippen molar-refractivity contribution in [3.05, 3.63) is 58.9 Å². The van der Waals surface area contributed by atoms with Gasteiger partial charge in [0.05, 0.1) is 16.7 Å². The maximum absolute atomic E-state index is 13.0. The van der Waals surface area contributed by atoms with Crippen LogP contribution in [0.25, 0.3) is 21.7 Å². The molecule has 28 heavy (non-hydrogen) atoms. The molecule has 3 rings (SSSR count). The molecule has 1 amide bonds. The van der Waals surface area contributed by atoms with Crippen LogP contribution in [-0.4, -0.2) is 39.2 Å². The summed E-state index contributed by atoms with van der Waals surface area (Å²) in [5.74, 6) is 0.262. The molecule has 0 aliphatic heterocycles. The van der Waals surface area contributed by atoms with E-state index < -0.39 is 0 Å². The van der Waals surface area contributed by atoms with E-state index in [0.29, 0.717) is 35.7 Å². The highest BCUT2D eigenvalue weighted by atomic mass is 32.2. The Kier molecular flexibility index (Phi) is 6.19. The first kappa shape index (κ1) is 20.1. The summed E-state index contributed by atoms with van der Waals surface area (Å²) in [4.78, 5) is 32.0. The second kappa shape index (κ2) is 8.61. The summed E-state index contributed by atoms with van der Waals surface area (Å²) in [6, 6.07) is 11.8. The SMILES string of the molecule is C=C(C)CN(CC)C(=O)CSc1nc2cc3ccccc3cc2c(=O)n1CC. The van der Waals surface area contributed by atoms with Gasteiger partial charge in [0, 0.05) is 19.6 Å². The monoisotopic (exact) mass is 395 g/mol. The fourth-order valence-electron chi connectivity index (χ4n) is 3.20. The third-order valence-corrected chi connectivity index (χ3v) is 5.58. The van der Waals surface area contributed by atoms with Crippen molar-refractivity contribution in [2.45, 2.75) is 32.5 Å². The second-order valence-corrected chi connectivity index (χ2v) is 7.76. The van der Waals surface area contributed by atoms with Gasteiger partial charge in [0.1, 0.15) is 0 Å². The molecule has 0 aliphatic carbocycles. The summed E-state index contributed by atoms with van der Waals surface area (Å²) in [6.45, 7) is 11.3. The van der Waals surface area contributed by atoms with Crippen LogP contribution in [-0.2, 0) is 11.3 Å². The van der Waals surface area contributed by atoms with E-state index in [9.17, 15) is 9.59 Å². The highest BCUT2D eigenvalue weighted by Crippen LogP contribution is 2.23. The van der Waals surface area contributed by atoms with Gasteiger partial charge in [-0.25, -0.2) is 4.98 Å². The molecule has 6 heteroatoms. The first-order valence-electron chi connectivity index (χ1n) is 9.42. The molecule has 1 heterocycles. The lowest BCUT2D eigenvalue weighted by Crippen LogP contribution is -2.33. The number of rotatable bonds is 7. The first-order chi connectivity index (χ1) is 13.4. The zero-order valence-corrected chi connectivity index (χ0v) is 17.4. The largest absolute Gasteiger partial charge is 0.338 e. The number of hydrogen-bond donors (Lipinski definition) is 0. The summed E-state index contributed by atoms with van der Waals surface area (Å²) >= 11 is 1.32. The number of likely N-dealkylation sites (N-methyl/N-ethyl adjacent to an activating group) is 1. The Bertz CT molecular complexity index is 1100. The Labute approximate surface area is 169 Å². The van der Waals surface area contributed by atoms with Gasteiger partial charge in [0.25, 0.3) is 5.56 Å². The number of fused-ring (bicyclic) bond motifs is 2. The van der Waals surface area contributed by atoms with Crippen molar-refractivity contribution in [3.8, 4) is 0 Å². The number of amides is 1. The van der Waals surface area contributed by atoms with Gasteiger partial charge in [-0.15, -0.1) is 0 Å². The molecule has 0 N–H and O–H groups in total. The van der Waals surface area contributed by atoms with Crippen LogP contribution < -0.4 is 5.56 Å². The molecule has 5 nitrogen and oxygen atoms in total. The summed E-state index contributed by atoms with van der Waals surface area (Å²) in [5, 5.41) is 3.25. The van der Waals surface area contributed by atoms with Crippen molar-refractivity contribution in [1.82, 2.24) is 14.5 Å². The second-order valence-electron chi connectivity index (χ2n) is 6.81. The van der Waals surface area contributed by atoms with E-state index >= 15 is 0 Å². The number of carbonyl (C=O) groups is 1. The van der Waals surface area contributed by atoms with Gasteiger partial charge in [0.2, 0.25) is 5.91 Å². The van der Waals surface area contributed by atoms with Crippen molar-refractivity contribution in [2.24, 2.45) is 0 Å². The topological polar surface area (TPSA) is 55.2 Å². The van der Waals surface area contributed by atoms with Crippen molar-refractivity contribution < 1.29 is 4.79 Å². The number of carbonyl (C=O) groups excluding carboxylic acids is 1. The summed E-state index contributed by atoms with van der Waals surface area (Å²) in [5.41, 5.74) is 1.54. The molecular formula is C22H25N3O2S. The molecule has 0 fully saturated rings. The van der Waals surface area contributed by atoms with Crippen molar-refractivity contribution in [1.29, 1.82) is 0 Å². The predicted octanol–water partition coefficient (Wildman–Crippen LogP) is 4.09. The maximum atomic E-state index is 13.0. The lowest BCUT2D eigenvalue weighted by molar-refractivity contribution is -0.127.